The zero-order chi connectivity index (χ0) is 21.3. The summed E-state index contributed by atoms with van der Waals surface area (Å²) in [6, 6.07) is 3.43. The van der Waals surface area contributed by atoms with Gasteiger partial charge in [-0.1, -0.05) is 0 Å². The fourth-order valence-electron chi connectivity index (χ4n) is 4.01. The summed E-state index contributed by atoms with van der Waals surface area (Å²) in [4.78, 5) is 15.2. The number of unbranched alkanes of at least 4 members (excludes halogenated alkanes) is 1. The predicted octanol–water partition coefficient (Wildman–Crippen LogP) is 1.27. The van der Waals surface area contributed by atoms with Gasteiger partial charge in [-0.15, -0.1) is 0 Å². The molecule has 1 fully saturated rings. The standard InChI is InChI=1S/C22H35N3O5/c1-23-9-3-4-10-25-11-8-16(18(26)15-25)14-24-22(27)17-6-7-19(28-2)21-20(17)29-12-5-13-30-21/h6-7,16,18,23,26H,3-5,8-15H2,1-2H3,(H,24,27)/t16-,18?/m0/s1. The third-order valence-corrected chi connectivity index (χ3v) is 5.80. The van der Waals surface area contributed by atoms with Gasteiger partial charge in [-0.05, 0) is 58.1 Å². The number of aliphatic hydroxyl groups is 1. The molecule has 3 rings (SSSR count). The maximum absolute atomic E-state index is 12.9. The first-order valence-corrected chi connectivity index (χ1v) is 10.9. The Hall–Kier alpha value is -2.03. The second-order valence-electron chi connectivity index (χ2n) is 7.96. The van der Waals surface area contributed by atoms with Gasteiger partial charge in [0.1, 0.15) is 0 Å². The van der Waals surface area contributed by atoms with E-state index in [1.165, 1.54) is 0 Å². The lowest BCUT2D eigenvalue weighted by molar-refractivity contribution is 0.0216. The molecule has 2 heterocycles. The number of aliphatic hydroxyl groups excluding tert-OH is 1. The predicted molar refractivity (Wildman–Crippen MR) is 115 cm³/mol. The van der Waals surface area contributed by atoms with Gasteiger partial charge in [-0.3, -0.25) is 4.79 Å². The highest BCUT2D eigenvalue weighted by atomic mass is 16.5. The summed E-state index contributed by atoms with van der Waals surface area (Å²) < 4.78 is 16.9. The monoisotopic (exact) mass is 421 g/mol. The van der Waals surface area contributed by atoms with Crippen molar-refractivity contribution in [3.8, 4) is 17.2 Å². The van der Waals surface area contributed by atoms with Crippen LogP contribution in [-0.2, 0) is 0 Å². The normalized spacial score (nSPS) is 21.7. The average Bonchev–Trinajstić information content (AvgIpc) is 3.01. The maximum Gasteiger partial charge on any atom is 0.255 e. The summed E-state index contributed by atoms with van der Waals surface area (Å²) in [6.45, 7) is 5.10. The van der Waals surface area contributed by atoms with Crippen LogP contribution in [0, 0.1) is 5.92 Å². The Bertz CT molecular complexity index is 700. The molecule has 0 aliphatic carbocycles. The van der Waals surface area contributed by atoms with Crippen molar-refractivity contribution in [2.75, 3.05) is 60.1 Å². The van der Waals surface area contributed by atoms with E-state index in [1.807, 2.05) is 7.05 Å². The zero-order valence-electron chi connectivity index (χ0n) is 18.1. The number of hydrogen-bond donors (Lipinski definition) is 3. The van der Waals surface area contributed by atoms with E-state index in [0.29, 0.717) is 49.1 Å². The van der Waals surface area contributed by atoms with Crippen LogP contribution in [-0.4, -0.2) is 82.1 Å². The number of fused-ring (bicyclic) bond motifs is 1. The molecule has 30 heavy (non-hydrogen) atoms. The van der Waals surface area contributed by atoms with Gasteiger partial charge in [0.25, 0.3) is 5.91 Å². The van der Waals surface area contributed by atoms with Crippen LogP contribution in [0.15, 0.2) is 12.1 Å². The number of carbonyl (C=O) groups excluding carboxylic acids is 1. The molecule has 3 N–H and O–H groups in total. The Morgan fingerprint density at radius 2 is 2.07 bits per heavy atom. The van der Waals surface area contributed by atoms with E-state index in [0.717, 1.165) is 45.3 Å². The van der Waals surface area contributed by atoms with Crippen LogP contribution in [0.3, 0.4) is 0 Å². The number of ether oxygens (including phenoxy) is 3. The molecule has 2 atom stereocenters. The van der Waals surface area contributed by atoms with Crippen LogP contribution in [0.1, 0.15) is 36.0 Å². The molecule has 2 aliphatic heterocycles. The fourth-order valence-corrected chi connectivity index (χ4v) is 4.01. The molecule has 2 aliphatic rings. The number of piperidine rings is 1. The number of methoxy groups -OCH3 is 1. The summed E-state index contributed by atoms with van der Waals surface area (Å²) in [5.41, 5.74) is 0.434. The largest absolute Gasteiger partial charge is 0.493 e. The molecule has 0 aromatic heterocycles. The van der Waals surface area contributed by atoms with Crippen molar-refractivity contribution >= 4 is 5.91 Å². The first-order chi connectivity index (χ1) is 14.6. The van der Waals surface area contributed by atoms with Crippen LogP contribution in [0.4, 0.5) is 0 Å². The van der Waals surface area contributed by atoms with Crippen molar-refractivity contribution in [3.63, 3.8) is 0 Å². The van der Waals surface area contributed by atoms with E-state index in [1.54, 1.807) is 19.2 Å². The van der Waals surface area contributed by atoms with Crippen molar-refractivity contribution in [1.82, 2.24) is 15.5 Å². The first kappa shape index (κ1) is 22.7. The van der Waals surface area contributed by atoms with Gasteiger partial charge in [0.2, 0.25) is 5.75 Å². The lowest BCUT2D eigenvalue weighted by atomic mass is 9.93. The molecule has 8 heteroatoms. The van der Waals surface area contributed by atoms with E-state index >= 15 is 0 Å². The summed E-state index contributed by atoms with van der Waals surface area (Å²) in [5, 5.41) is 16.7. The quantitative estimate of drug-likeness (QED) is 0.517. The fraction of sp³-hybridized carbons (Fsp3) is 0.682. The van der Waals surface area contributed by atoms with Gasteiger partial charge >= 0.3 is 0 Å². The number of hydrogen-bond acceptors (Lipinski definition) is 7. The highest BCUT2D eigenvalue weighted by Gasteiger charge is 2.29. The Kier molecular flexibility index (Phi) is 8.60. The summed E-state index contributed by atoms with van der Waals surface area (Å²) in [5.74, 6) is 1.30. The number of nitrogens with zero attached hydrogens (tertiary/aromatic N) is 1. The van der Waals surface area contributed by atoms with Crippen LogP contribution in [0.25, 0.3) is 0 Å². The van der Waals surface area contributed by atoms with Crippen molar-refractivity contribution in [2.24, 2.45) is 5.92 Å². The highest BCUT2D eigenvalue weighted by Crippen LogP contribution is 2.41. The van der Waals surface area contributed by atoms with E-state index < -0.39 is 6.10 Å². The Labute approximate surface area is 178 Å². The molecule has 0 spiro atoms. The molecule has 1 unspecified atom stereocenters. The van der Waals surface area contributed by atoms with Gasteiger partial charge in [0.15, 0.2) is 11.5 Å². The third kappa shape index (κ3) is 5.77. The van der Waals surface area contributed by atoms with Crippen LogP contribution >= 0.6 is 0 Å². The number of benzene rings is 1. The molecule has 1 amide bonds. The van der Waals surface area contributed by atoms with Crippen molar-refractivity contribution in [3.05, 3.63) is 17.7 Å². The number of amides is 1. The SMILES string of the molecule is CNCCCCN1CC[C@@H](CNC(=O)c2ccc(OC)c3c2OCCCO3)C(O)C1. The minimum absolute atomic E-state index is 0.0523. The van der Waals surface area contributed by atoms with Gasteiger partial charge in [0, 0.05) is 25.4 Å². The molecule has 8 nitrogen and oxygen atoms in total. The lowest BCUT2D eigenvalue weighted by Gasteiger charge is -2.36. The Balaban J connectivity index is 1.54. The number of nitrogens with one attached hydrogen (secondary N) is 2. The van der Waals surface area contributed by atoms with Crippen LogP contribution < -0.4 is 24.8 Å². The molecule has 0 radical (unpaired) electrons. The van der Waals surface area contributed by atoms with Gasteiger partial charge in [0.05, 0.1) is 32.0 Å². The third-order valence-electron chi connectivity index (χ3n) is 5.80. The van der Waals surface area contributed by atoms with Crippen molar-refractivity contribution in [2.45, 2.75) is 31.8 Å². The zero-order valence-corrected chi connectivity index (χ0v) is 18.1. The molecule has 1 aromatic carbocycles. The maximum atomic E-state index is 12.9. The van der Waals surface area contributed by atoms with Gasteiger partial charge in [-0.2, -0.15) is 0 Å². The Morgan fingerprint density at radius 3 is 2.80 bits per heavy atom. The van der Waals surface area contributed by atoms with Crippen molar-refractivity contribution < 1.29 is 24.1 Å². The minimum Gasteiger partial charge on any atom is -0.493 e. The molecule has 1 aromatic rings. The van der Waals surface area contributed by atoms with Crippen LogP contribution in [0.2, 0.25) is 0 Å². The lowest BCUT2D eigenvalue weighted by Crippen LogP contribution is -2.47. The highest BCUT2D eigenvalue weighted by molar-refractivity contribution is 5.98. The molecule has 0 bridgehead atoms. The van der Waals surface area contributed by atoms with E-state index in [2.05, 4.69) is 15.5 Å². The second-order valence-corrected chi connectivity index (χ2v) is 7.96. The summed E-state index contributed by atoms with van der Waals surface area (Å²) >= 11 is 0. The number of β-amino-alcohol motifs (C(OH)–C–C–N with tert-alkyl or cyclic N) is 1. The number of rotatable bonds is 9. The average molecular weight is 422 g/mol. The first-order valence-electron chi connectivity index (χ1n) is 10.9. The number of carbonyl (C=O) groups is 1. The van der Waals surface area contributed by atoms with Crippen LogP contribution in [0.5, 0.6) is 17.2 Å². The Morgan fingerprint density at radius 1 is 1.27 bits per heavy atom. The van der Waals surface area contributed by atoms with E-state index in [4.69, 9.17) is 14.2 Å². The molecular weight excluding hydrogens is 386 g/mol. The molecule has 1 saturated heterocycles. The second kappa shape index (κ2) is 11.4. The summed E-state index contributed by atoms with van der Waals surface area (Å²) in [7, 11) is 3.53. The van der Waals surface area contributed by atoms with Crippen molar-refractivity contribution in [1.29, 1.82) is 0 Å². The van der Waals surface area contributed by atoms with E-state index in [-0.39, 0.29) is 11.8 Å². The molecular formula is C22H35N3O5. The number of likely N-dealkylation sites (tertiary alicyclic amines) is 1. The van der Waals surface area contributed by atoms with E-state index in [9.17, 15) is 9.90 Å². The molecule has 0 saturated carbocycles. The summed E-state index contributed by atoms with van der Waals surface area (Å²) in [6.07, 6.45) is 3.45. The van der Waals surface area contributed by atoms with Gasteiger partial charge in [-0.25, -0.2) is 0 Å². The minimum atomic E-state index is -0.434. The van der Waals surface area contributed by atoms with Gasteiger partial charge < -0.3 is 34.9 Å². The molecule has 168 valence electrons. The topological polar surface area (TPSA) is 92.3 Å². The smallest absolute Gasteiger partial charge is 0.255 e.